The topological polar surface area (TPSA) is 58.6 Å². The number of hydrogen-bond acceptors (Lipinski definition) is 3. The van der Waals surface area contributed by atoms with Gasteiger partial charge < -0.3 is 15.0 Å². The summed E-state index contributed by atoms with van der Waals surface area (Å²) in [6, 6.07) is 0. The lowest BCUT2D eigenvalue weighted by molar-refractivity contribution is -0.130. The van der Waals surface area contributed by atoms with E-state index in [1.54, 1.807) is 11.9 Å². The Morgan fingerprint density at radius 1 is 1.26 bits per heavy atom. The summed E-state index contributed by atoms with van der Waals surface area (Å²) >= 11 is 0. The van der Waals surface area contributed by atoms with Crippen LogP contribution in [0.2, 0.25) is 0 Å². The van der Waals surface area contributed by atoms with Gasteiger partial charge in [-0.2, -0.15) is 0 Å². The summed E-state index contributed by atoms with van der Waals surface area (Å²) < 4.78 is 5.11. The Morgan fingerprint density at radius 3 is 2.32 bits per heavy atom. The molecule has 2 amide bonds. The molecular formula is C14H28N2O3. The molecule has 0 aliphatic carbocycles. The molecule has 0 bridgehead atoms. The second-order valence-electron chi connectivity index (χ2n) is 6.20. The van der Waals surface area contributed by atoms with Crippen molar-refractivity contribution in [2.45, 2.75) is 53.1 Å². The predicted molar refractivity (Wildman–Crippen MR) is 75.9 cm³/mol. The van der Waals surface area contributed by atoms with Gasteiger partial charge in [-0.05, 0) is 33.1 Å². The number of nitrogens with zero attached hydrogens (tertiary/aromatic N) is 1. The molecule has 0 atom stereocenters. The van der Waals surface area contributed by atoms with Crippen LogP contribution in [-0.4, -0.2) is 42.6 Å². The molecule has 0 spiro atoms. The Morgan fingerprint density at radius 2 is 1.84 bits per heavy atom. The Balaban J connectivity index is 3.74. The van der Waals surface area contributed by atoms with Crippen molar-refractivity contribution in [2.75, 3.05) is 20.1 Å². The molecule has 112 valence electrons. The normalized spacial score (nSPS) is 11.3. The molecule has 0 saturated heterocycles. The van der Waals surface area contributed by atoms with Gasteiger partial charge in [0.1, 0.15) is 5.60 Å². The minimum atomic E-state index is -0.478. The molecule has 1 N–H and O–H groups in total. The zero-order chi connectivity index (χ0) is 15.1. The molecule has 0 aromatic heterocycles. The summed E-state index contributed by atoms with van der Waals surface area (Å²) in [5.41, 5.74) is -0.478. The lowest BCUT2D eigenvalue weighted by atomic mass is 10.1. The van der Waals surface area contributed by atoms with Crippen LogP contribution in [0.3, 0.4) is 0 Å². The molecule has 0 saturated carbocycles. The first kappa shape index (κ1) is 17.7. The van der Waals surface area contributed by atoms with Gasteiger partial charge in [0.15, 0.2) is 0 Å². The van der Waals surface area contributed by atoms with Crippen molar-refractivity contribution in [3.05, 3.63) is 0 Å². The highest BCUT2D eigenvalue weighted by Crippen LogP contribution is 2.06. The van der Waals surface area contributed by atoms with Crippen molar-refractivity contribution in [1.29, 1.82) is 0 Å². The third-order valence-corrected chi connectivity index (χ3v) is 2.35. The molecule has 0 aromatic carbocycles. The maximum Gasteiger partial charge on any atom is 0.407 e. The van der Waals surface area contributed by atoms with E-state index < -0.39 is 11.7 Å². The van der Waals surface area contributed by atoms with Crippen LogP contribution >= 0.6 is 0 Å². The summed E-state index contributed by atoms with van der Waals surface area (Å²) in [7, 11) is 1.79. The standard InChI is InChI=1S/C14H28N2O3/c1-11(2)10-12(17)16(6)9-7-8-15-13(18)19-14(3,4)5/h11H,7-10H2,1-6H3,(H,15,18). The van der Waals surface area contributed by atoms with Crippen LogP contribution in [0.4, 0.5) is 4.79 Å². The summed E-state index contributed by atoms with van der Waals surface area (Å²) in [6.45, 7) is 10.7. The van der Waals surface area contributed by atoms with Gasteiger partial charge in [-0.1, -0.05) is 13.8 Å². The van der Waals surface area contributed by atoms with Gasteiger partial charge >= 0.3 is 6.09 Å². The SMILES string of the molecule is CC(C)CC(=O)N(C)CCCNC(=O)OC(C)(C)C. The molecule has 0 unspecified atom stereocenters. The highest BCUT2D eigenvalue weighted by molar-refractivity contribution is 5.76. The van der Waals surface area contributed by atoms with E-state index in [0.717, 1.165) is 6.42 Å². The smallest absolute Gasteiger partial charge is 0.407 e. The molecule has 0 aliphatic heterocycles. The van der Waals surface area contributed by atoms with Crippen molar-refractivity contribution < 1.29 is 14.3 Å². The van der Waals surface area contributed by atoms with E-state index in [-0.39, 0.29) is 5.91 Å². The van der Waals surface area contributed by atoms with Crippen molar-refractivity contribution in [3.63, 3.8) is 0 Å². The van der Waals surface area contributed by atoms with Crippen molar-refractivity contribution in [1.82, 2.24) is 10.2 Å². The third-order valence-electron chi connectivity index (χ3n) is 2.35. The average molecular weight is 272 g/mol. The van der Waals surface area contributed by atoms with Crippen LogP contribution in [0.25, 0.3) is 0 Å². The van der Waals surface area contributed by atoms with Crippen LogP contribution in [0.15, 0.2) is 0 Å². The molecule has 0 rings (SSSR count). The van der Waals surface area contributed by atoms with Crippen LogP contribution in [0, 0.1) is 5.92 Å². The van der Waals surface area contributed by atoms with Crippen LogP contribution in [0.5, 0.6) is 0 Å². The van der Waals surface area contributed by atoms with Gasteiger partial charge in [-0.15, -0.1) is 0 Å². The maximum atomic E-state index is 11.7. The fourth-order valence-electron chi connectivity index (χ4n) is 1.45. The highest BCUT2D eigenvalue weighted by atomic mass is 16.6. The number of nitrogens with one attached hydrogen (secondary N) is 1. The second kappa shape index (κ2) is 8.02. The first-order chi connectivity index (χ1) is 8.61. The molecule has 0 heterocycles. The second-order valence-corrected chi connectivity index (χ2v) is 6.20. The molecule has 0 radical (unpaired) electrons. The largest absolute Gasteiger partial charge is 0.444 e. The lowest BCUT2D eigenvalue weighted by Crippen LogP contribution is -2.35. The number of carbonyl (C=O) groups excluding carboxylic acids is 2. The Labute approximate surface area is 116 Å². The number of alkyl carbamates (subject to hydrolysis) is 1. The molecule has 0 aromatic rings. The van der Waals surface area contributed by atoms with Crippen LogP contribution in [0.1, 0.15) is 47.5 Å². The van der Waals surface area contributed by atoms with Crippen molar-refractivity contribution >= 4 is 12.0 Å². The van der Waals surface area contributed by atoms with E-state index in [1.807, 2.05) is 34.6 Å². The number of ether oxygens (including phenoxy) is 1. The zero-order valence-electron chi connectivity index (χ0n) is 13.1. The van der Waals surface area contributed by atoms with Crippen LogP contribution in [-0.2, 0) is 9.53 Å². The van der Waals surface area contributed by atoms with E-state index in [2.05, 4.69) is 5.32 Å². The van der Waals surface area contributed by atoms with Crippen molar-refractivity contribution in [3.8, 4) is 0 Å². The Hall–Kier alpha value is -1.26. The van der Waals surface area contributed by atoms with Crippen molar-refractivity contribution in [2.24, 2.45) is 5.92 Å². The van der Waals surface area contributed by atoms with E-state index in [0.29, 0.717) is 25.4 Å². The number of rotatable bonds is 6. The van der Waals surface area contributed by atoms with Gasteiger partial charge in [-0.3, -0.25) is 4.79 Å². The van der Waals surface area contributed by atoms with Gasteiger partial charge in [0.05, 0.1) is 0 Å². The molecule has 0 fully saturated rings. The minimum Gasteiger partial charge on any atom is -0.444 e. The van der Waals surface area contributed by atoms with Crippen LogP contribution < -0.4 is 5.32 Å². The van der Waals surface area contributed by atoms with E-state index >= 15 is 0 Å². The maximum absolute atomic E-state index is 11.7. The first-order valence-corrected chi connectivity index (χ1v) is 6.82. The number of amides is 2. The fraction of sp³-hybridized carbons (Fsp3) is 0.857. The number of carbonyl (C=O) groups is 2. The monoisotopic (exact) mass is 272 g/mol. The molecule has 5 nitrogen and oxygen atoms in total. The summed E-state index contributed by atoms with van der Waals surface area (Å²) in [5, 5.41) is 2.68. The lowest BCUT2D eigenvalue weighted by Gasteiger charge is -2.20. The molecule has 19 heavy (non-hydrogen) atoms. The van der Waals surface area contributed by atoms with E-state index in [1.165, 1.54) is 0 Å². The van der Waals surface area contributed by atoms with E-state index in [9.17, 15) is 9.59 Å². The predicted octanol–water partition coefficient (Wildman–Crippen LogP) is 2.41. The summed E-state index contributed by atoms with van der Waals surface area (Å²) in [6.07, 6.45) is 0.874. The Bertz CT molecular complexity index is 296. The van der Waals surface area contributed by atoms with Gasteiger partial charge in [0.2, 0.25) is 5.91 Å². The fourth-order valence-corrected chi connectivity index (χ4v) is 1.45. The van der Waals surface area contributed by atoms with Gasteiger partial charge in [0, 0.05) is 26.6 Å². The quantitative estimate of drug-likeness (QED) is 0.755. The minimum absolute atomic E-state index is 0.146. The zero-order valence-corrected chi connectivity index (χ0v) is 13.1. The van der Waals surface area contributed by atoms with Gasteiger partial charge in [-0.25, -0.2) is 4.79 Å². The third kappa shape index (κ3) is 10.4. The van der Waals surface area contributed by atoms with E-state index in [4.69, 9.17) is 4.74 Å². The highest BCUT2D eigenvalue weighted by Gasteiger charge is 2.15. The Kier molecular flexibility index (Phi) is 7.49. The summed E-state index contributed by atoms with van der Waals surface area (Å²) in [5.74, 6) is 0.516. The average Bonchev–Trinajstić information content (AvgIpc) is 2.20. The van der Waals surface area contributed by atoms with Gasteiger partial charge in [0.25, 0.3) is 0 Å². The summed E-state index contributed by atoms with van der Waals surface area (Å²) in [4.78, 5) is 24.8. The first-order valence-electron chi connectivity index (χ1n) is 6.82. The number of hydrogen-bond donors (Lipinski definition) is 1. The molecule has 5 heteroatoms. The molecule has 0 aliphatic rings. The molecular weight excluding hydrogens is 244 g/mol.